The minimum absolute atomic E-state index is 0.0609. The number of nitrogens with zero attached hydrogens (tertiary/aromatic N) is 3. The zero-order valence-electron chi connectivity index (χ0n) is 21.8. The number of fused-ring (bicyclic) bond motifs is 7. The molecule has 4 saturated heterocycles. The van der Waals surface area contributed by atoms with Crippen molar-refractivity contribution in [3.05, 3.63) is 64.3 Å². The Labute approximate surface area is 221 Å². The van der Waals surface area contributed by atoms with Gasteiger partial charge in [-0.25, -0.2) is 0 Å². The summed E-state index contributed by atoms with van der Waals surface area (Å²) in [5, 5.41) is 22.1. The van der Waals surface area contributed by atoms with Gasteiger partial charge in [-0.3, -0.25) is 9.59 Å². The molecule has 196 valence electrons. The van der Waals surface area contributed by atoms with Crippen LogP contribution in [0.5, 0.6) is 0 Å². The average Bonchev–Trinajstić information content (AvgIpc) is 3.37. The normalized spacial score (nSPS) is 31.7. The smallest absolute Gasteiger partial charge is 0.235 e. The van der Waals surface area contributed by atoms with Crippen LogP contribution in [0.3, 0.4) is 0 Å². The number of aliphatic hydroxyl groups is 1. The fourth-order valence-electron chi connectivity index (χ4n) is 7.58. The summed E-state index contributed by atoms with van der Waals surface area (Å²) in [7, 11) is 2.36. The molecule has 1 amide bonds. The summed E-state index contributed by atoms with van der Waals surface area (Å²) in [6.45, 7) is 9.78. The molecule has 0 saturated carbocycles. The van der Waals surface area contributed by atoms with Crippen LogP contribution in [-0.4, -0.2) is 95.1 Å². The van der Waals surface area contributed by atoms with E-state index in [1.165, 1.54) is 54.2 Å². The number of aliphatic hydroxyl groups excluding tert-OH is 1. The van der Waals surface area contributed by atoms with Crippen LogP contribution >= 0.6 is 0 Å². The first-order valence-electron chi connectivity index (χ1n) is 13.6. The van der Waals surface area contributed by atoms with Crippen molar-refractivity contribution in [3.8, 4) is 11.1 Å². The molecule has 5 aliphatic heterocycles. The standard InChI is InChI=1S/C30H32N3O5/c1-17(34)26-25-15-22(27(30(37)38)31(25)29(26)36)19-4-6-20-23-13-18(3-5-21(23)28(35)24(20)14-19)16-33-10-7-32(2,8-11-33)9-12-33/h3-6,13-14,17,25-26,34H,7-12,15-16H2,1-2H3/q+1/t17-,25-,26-,32?,33?/m1/s1. The molecule has 1 aliphatic carbocycles. The van der Waals surface area contributed by atoms with E-state index in [2.05, 4.69) is 19.2 Å². The lowest BCUT2D eigenvalue weighted by Gasteiger charge is -2.54. The molecule has 0 spiro atoms. The number of piperazine rings is 3. The Balaban J connectivity index is 1.21. The van der Waals surface area contributed by atoms with E-state index in [1.54, 1.807) is 13.0 Å². The number of quaternary nitrogens is 2. The predicted molar refractivity (Wildman–Crippen MR) is 137 cm³/mol. The fourth-order valence-corrected chi connectivity index (χ4v) is 7.58. The Morgan fingerprint density at radius 3 is 2.34 bits per heavy atom. The second-order valence-corrected chi connectivity index (χ2v) is 12.3. The number of carboxylic acids is 1. The highest BCUT2D eigenvalue weighted by atomic mass is 16.4. The molecule has 0 unspecified atom stereocenters. The lowest BCUT2D eigenvalue weighted by molar-refractivity contribution is -1.08. The van der Waals surface area contributed by atoms with Crippen molar-refractivity contribution in [1.29, 1.82) is 0 Å². The number of carbonyl (C=O) groups is 3. The lowest BCUT2D eigenvalue weighted by Crippen LogP contribution is -2.73. The van der Waals surface area contributed by atoms with Crippen LogP contribution in [0.25, 0.3) is 16.7 Å². The number of carboxylic acid groups (broad SMARTS) is 1. The SMILES string of the molecule is C[C@@H](O)[C@H]1C(=O)N2C(C(=O)[O-])=C(c3ccc4c(c3)C(=O)c3ccc(C[N+]56CC[N+](C)(CC5)CC6)cc3-4)C[C@H]12. The quantitative estimate of drug-likeness (QED) is 0.401. The molecule has 2 aromatic rings. The molecule has 3 atom stereocenters. The highest BCUT2D eigenvalue weighted by Gasteiger charge is 2.55. The molecule has 6 aliphatic rings. The van der Waals surface area contributed by atoms with Crippen molar-refractivity contribution in [3.63, 3.8) is 0 Å². The highest BCUT2D eigenvalue weighted by molar-refractivity contribution is 6.22. The van der Waals surface area contributed by atoms with Crippen molar-refractivity contribution < 1.29 is 33.6 Å². The van der Waals surface area contributed by atoms with Crippen LogP contribution in [0, 0.1) is 5.92 Å². The highest BCUT2D eigenvalue weighted by Crippen LogP contribution is 2.48. The molecule has 5 heterocycles. The van der Waals surface area contributed by atoms with E-state index in [1.807, 2.05) is 18.2 Å². The van der Waals surface area contributed by atoms with E-state index >= 15 is 0 Å². The molecule has 8 heteroatoms. The van der Waals surface area contributed by atoms with Gasteiger partial charge in [0.15, 0.2) is 5.78 Å². The minimum atomic E-state index is -1.42. The second kappa shape index (κ2) is 7.85. The van der Waals surface area contributed by atoms with Crippen molar-refractivity contribution in [1.82, 2.24) is 4.90 Å². The third kappa shape index (κ3) is 3.23. The van der Waals surface area contributed by atoms with Gasteiger partial charge < -0.3 is 28.9 Å². The molecule has 2 bridgehead atoms. The lowest BCUT2D eigenvalue weighted by atomic mass is 9.82. The number of hydrogen-bond acceptors (Lipinski definition) is 5. The van der Waals surface area contributed by atoms with Crippen LogP contribution < -0.4 is 5.11 Å². The molecule has 8 nitrogen and oxygen atoms in total. The minimum Gasteiger partial charge on any atom is -0.543 e. The maximum atomic E-state index is 13.4. The maximum absolute atomic E-state index is 13.4. The molecule has 0 aromatic heterocycles. The van der Waals surface area contributed by atoms with E-state index in [4.69, 9.17) is 0 Å². The maximum Gasteiger partial charge on any atom is 0.235 e. The molecule has 0 radical (unpaired) electrons. The number of hydrogen-bond donors (Lipinski definition) is 1. The number of β-lactam (4-membered cyclic amide) rings is 1. The summed E-state index contributed by atoms with van der Waals surface area (Å²) in [6, 6.07) is 11.3. The van der Waals surface area contributed by atoms with Gasteiger partial charge in [0.1, 0.15) is 45.8 Å². The van der Waals surface area contributed by atoms with Gasteiger partial charge in [-0.1, -0.05) is 18.2 Å². The Morgan fingerprint density at radius 1 is 1.00 bits per heavy atom. The Bertz CT molecular complexity index is 1450. The number of rotatable bonds is 5. The van der Waals surface area contributed by atoms with Crippen molar-refractivity contribution in [2.45, 2.75) is 32.0 Å². The molecule has 1 N–H and O–H groups in total. The summed E-state index contributed by atoms with van der Waals surface area (Å²) in [6.07, 6.45) is -0.549. The number of aliphatic carboxylic acids is 1. The molecule has 2 aromatic carbocycles. The third-order valence-corrected chi connectivity index (χ3v) is 10.0. The monoisotopic (exact) mass is 514 g/mol. The summed E-state index contributed by atoms with van der Waals surface area (Å²) >= 11 is 0. The fraction of sp³-hybridized carbons (Fsp3) is 0.433. The average molecular weight is 515 g/mol. The Morgan fingerprint density at radius 2 is 1.68 bits per heavy atom. The molecule has 38 heavy (non-hydrogen) atoms. The zero-order chi connectivity index (χ0) is 26.6. The number of amides is 1. The van der Waals surface area contributed by atoms with Gasteiger partial charge in [-0.05, 0) is 53.8 Å². The number of benzene rings is 2. The molecular weight excluding hydrogens is 482 g/mol. The van der Waals surface area contributed by atoms with Crippen molar-refractivity contribution in [2.75, 3.05) is 46.3 Å². The van der Waals surface area contributed by atoms with Gasteiger partial charge in [0, 0.05) is 16.7 Å². The van der Waals surface area contributed by atoms with Gasteiger partial charge in [0.05, 0.1) is 36.8 Å². The first-order valence-corrected chi connectivity index (χ1v) is 13.6. The first kappa shape index (κ1) is 23.8. The summed E-state index contributed by atoms with van der Waals surface area (Å²) < 4.78 is 2.31. The summed E-state index contributed by atoms with van der Waals surface area (Å²) in [4.78, 5) is 39.3. The number of likely N-dealkylation sites (N-methyl/N-ethyl adjacent to an activating group) is 1. The first-order chi connectivity index (χ1) is 18.1. The summed E-state index contributed by atoms with van der Waals surface area (Å²) in [5.41, 5.74) is 5.24. The van der Waals surface area contributed by atoms with Gasteiger partial charge in [0.25, 0.3) is 0 Å². The largest absolute Gasteiger partial charge is 0.543 e. The second-order valence-electron chi connectivity index (χ2n) is 12.3. The van der Waals surface area contributed by atoms with E-state index in [0.717, 1.165) is 22.2 Å². The molecular formula is C30H32N3O5+. The molecule has 8 rings (SSSR count). The van der Waals surface area contributed by atoms with E-state index in [-0.39, 0.29) is 11.5 Å². The van der Waals surface area contributed by atoms with Crippen molar-refractivity contribution >= 4 is 23.2 Å². The van der Waals surface area contributed by atoms with Crippen molar-refractivity contribution in [2.24, 2.45) is 5.92 Å². The van der Waals surface area contributed by atoms with Crippen LogP contribution in [0.1, 0.15) is 40.4 Å². The van der Waals surface area contributed by atoms with Gasteiger partial charge in [-0.2, -0.15) is 0 Å². The van der Waals surface area contributed by atoms with Crippen LogP contribution in [-0.2, 0) is 16.1 Å². The molecule has 4 fully saturated rings. The third-order valence-electron chi connectivity index (χ3n) is 10.0. The van der Waals surface area contributed by atoms with Gasteiger partial charge >= 0.3 is 0 Å². The van der Waals surface area contributed by atoms with Crippen LogP contribution in [0.15, 0.2) is 42.1 Å². The van der Waals surface area contributed by atoms with Gasteiger partial charge in [0.2, 0.25) is 5.91 Å². The van der Waals surface area contributed by atoms with Crippen LogP contribution in [0.4, 0.5) is 0 Å². The van der Waals surface area contributed by atoms with Gasteiger partial charge in [-0.15, -0.1) is 0 Å². The Hall–Kier alpha value is -3.33. The number of ketones is 1. The predicted octanol–water partition coefficient (Wildman–Crippen LogP) is 0.761. The number of carbonyl (C=O) groups excluding carboxylic acids is 3. The van der Waals surface area contributed by atoms with E-state index in [0.29, 0.717) is 28.7 Å². The van der Waals surface area contributed by atoms with E-state index in [9.17, 15) is 24.6 Å². The topological polar surface area (TPSA) is 97.7 Å². The van der Waals surface area contributed by atoms with E-state index < -0.39 is 29.9 Å². The Kier molecular flexibility index (Phi) is 4.91. The summed E-state index contributed by atoms with van der Waals surface area (Å²) in [5.74, 6) is -2.50. The zero-order valence-corrected chi connectivity index (χ0v) is 21.8. The van der Waals surface area contributed by atoms with Crippen LogP contribution in [0.2, 0.25) is 0 Å².